The fourth-order valence-electron chi connectivity index (χ4n) is 2.78. The lowest BCUT2D eigenvalue weighted by molar-refractivity contribution is -0.145. The van der Waals surface area contributed by atoms with Crippen LogP contribution in [-0.2, 0) is 36.9 Å². The Hall–Kier alpha value is -3.88. The van der Waals surface area contributed by atoms with E-state index >= 15 is 0 Å². The Kier molecular flexibility index (Phi) is 9.03. The molecular formula is C22H25N3O6. The summed E-state index contributed by atoms with van der Waals surface area (Å²) < 4.78 is 9.84. The number of rotatable bonds is 10. The van der Waals surface area contributed by atoms with Crippen molar-refractivity contribution in [1.82, 2.24) is 10.6 Å². The number of nitrogens with two attached hydrogens (primary N) is 1. The van der Waals surface area contributed by atoms with E-state index in [4.69, 9.17) is 15.2 Å². The van der Waals surface area contributed by atoms with Crippen molar-refractivity contribution in [2.24, 2.45) is 5.73 Å². The maximum Gasteiger partial charge on any atom is 0.408 e. The minimum Gasteiger partial charge on any atom is -0.467 e. The fraction of sp³-hybridized carbons (Fsp3) is 0.273. The zero-order chi connectivity index (χ0) is 22.6. The second-order valence-electron chi connectivity index (χ2n) is 6.70. The monoisotopic (exact) mass is 427 g/mol. The van der Waals surface area contributed by atoms with Gasteiger partial charge in [0, 0.05) is 6.42 Å². The molecule has 0 aliphatic heterocycles. The van der Waals surface area contributed by atoms with Gasteiger partial charge in [0.2, 0.25) is 11.8 Å². The minimum absolute atomic E-state index is 0.0175. The molecule has 0 unspecified atom stereocenters. The van der Waals surface area contributed by atoms with Gasteiger partial charge in [-0.2, -0.15) is 0 Å². The number of methoxy groups -OCH3 is 1. The Morgan fingerprint density at radius 1 is 0.871 bits per heavy atom. The molecule has 0 fully saturated rings. The Morgan fingerprint density at radius 2 is 1.45 bits per heavy atom. The first-order valence-electron chi connectivity index (χ1n) is 9.56. The van der Waals surface area contributed by atoms with Gasteiger partial charge in [0.15, 0.2) is 0 Å². The normalized spacial score (nSPS) is 12.2. The summed E-state index contributed by atoms with van der Waals surface area (Å²) in [5.74, 6) is -2.23. The number of alkyl carbamates (subject to hydrolysis) is 1. The summed E-state index contributed by atoms with van der Waals surface area (Å²) in [7, 11) is 1.20. The molecule has 0 aromatic heterocycles. The van der Waals surface area contributed by atoms with Crippen LogP contribution >= 0.6 is 0 Å². The molecule has 9 heteroatoms. The van der Waals surface area contributed by atoms with E-state index in [-0.39, 0.29) is 13.0 Å². The minimum atomic E-state index is -1.32. The van der Waals surface area contributed by atoms with Gasteiger partial charge in [-0.05, 0) is 11.1 Å². The van der Waals surface area contributed by atoms with Crippen molar-refractivity contribution >= 4 is 23.9 Å². The molecule has 2 atom stereocenters. The van der Waals surface area contributed by atoms with Crippen LogP contribution in [-0.4, -0.2) is 43.1 Å². The maximum absolute atomic E-state index is 12.7. The summed E-state index contributed by atoms with van der Waals surface area (Å²) in [6.07, 6.45) is -1.20. The molecule has 31 heavy (non-hydrogen) atoms. The first-order chi connectivity index (χ1) is 14.9. The van der Waals surface area contributed by atoms with Gasteiger partial charge in [0.1, 0.15) is 18.7 Å². The molecule has 164 valence electrons. The summed E-state index contributed by atoms with van der Waals surface area (Å²) in [4.78, 5) is 48.4. The summed E-state index contributed by atoms with van der Waals surface area (Å²) in [5.41, 5.74) is 6.75. The number of carbonyl (C=O) groups excluding carboxylic acids is 4. The van der Waals surface area contributed by atoms with Gasteiger partial charge < -0.3 is 25.8 Å². The first kappa shape index (κ1) is 23.4. The molecule has 2 aromatic rings. The zero-order valence-electron chi connectivity index (χ0n) is 17.1. The highest BCUT2D eigenvalue weighted by atomic mass is 16.5. The van der Waals surface area contributed by atoms with Crippen molar-refractivity contribution in [3.05, 3.63) is 71.8 Å². The summed E-state index contributed by atoms with van der Waals surface area (Å²) in [5, 5.41) is 4.83. The number of benzene rings is 2. The van der Waals surface area contributed by atoms with Crippen molar-refractivity contribution in [3.8, 4) is 0 Å². The summed E-state index contributed by atoms with van der Waals surface area (Å²) in [6.45, 7) is -0.0175. The molecule has 0 heterocycles. The Bertz CT molecular complexity index is 889. The molecule has 0 aliphatic rings. The van der Waals surface area contributed by atoms with Crippen LogP contribution in [0.5, 0.6) is 0 Å². The lowest BCUT2D eigenvalue weighted by atomic mass is 10.1. The third-order valence-corrected chi connectivity index (χ3v) is 4.31. The quantitative estimate of drug-likeness (QED) is 0.485. The molecule has 0 bridgehead atoms. The molecule has 4 N–H and O–H groups in total. The molecule has 0 spiro atoms. The van der Waals surface area contributed by atoms with Crippen LogP contribution < -0.4 is 16.4 Å². The third kappa shape index (κ3) is 8.17. The Balaban J connectivity index is 2.02. The Morgan fingerprint density at radius 3 is 2.00 bits per heavy atom. The number of carbonyl (C=O) groups is 4. The number of hydrogen-bond acceptors (Lipinski definition) is 6. The van der Waals surface area contributed by atoms with Crippen LogP contribution in [0.3, 0.4) is 0 Å². The molecular weight excluding hydrogens is 402 g/mol. The van der Waals surface area contributed by atoms with Crippen molar-refractivity contribution in [2.45, 2.75) is 31.5 Å². The molecule has 0 saturated carbocycles. The Labute approximate surface area is 179 Å². The summed E-state index contributed by atoms with van der Waals surface area (Å²) >= 11 is 0. The third-order valence-electron chi connectivity index (χ3n) is 4.31. The van der Waals surface area contributed by atoms with Gasteiger partial charge >= 0.3 is 12.1 Å². The largest absolute Gasteiger partial charge is 0.467 e. The average molecular weight is 427 g/mol. The van der Waals surface area contributed by atoms with Crippen LogP contribution in [0.1, 0.15) is 17.5 Å². The number of esters is 1. The molecule has 0 saturated heterocycles. The van der Waals surface area contributed by atoms with E-state index in [0.717, 1.165) is 11.1 Å². The predicted octanol–water partition coefficient (Wildman–Crippen LogP) is 1.06. The maximum atomic E-state index is 12.7. The number of amides is 3. The van der Waals surface area contributed by atoms with Crippen LogP contribution in [0.15, 0.2) is 60.7 Å². The SMILES string of the molecule is COC(=O)[C@H](Cc1ccccc1)NC(=O)[C@H](CC(N)=O)NC(=O)OCc1ccccc1. The van der Waals surface area contributed by atoms with Gasteiger partial charge in [-0.1, -0.05) is 60.7 Å². The van der Waals surface area contributed by atoms with Gasteiger partial charge in [-0.3, -0.25) is 9.59 Å². The van der Waals surface area contributed by atoms with Crippen LogP contribution in [0.25, 0.3) is 0 Å². The fourth-order valence-corrected chi connectivity index (χ4v) is 2.78. The number of primary amides is 1. The molecule has 0 aliphatic carbocycles. The van der Waals surface area contributed by atoms with Gasteiger partial charge in [0.05, 0.1) is 13.5 Å². The van der Waals surface area contributed by atoms with E-state index in [1.807, 2.05) is 12.1 Å². The number of ether oxygens (including phenoxy) is 2. The van der Waals surface area contributed by atoms with Gasteiger partial charge in [-0.15, -0.1) is 0 Å². The van der Waals surface area contributed by atoms with E-state index in [2.05, 4.69) is 10.6 Å². The highest BCUT2D eigenvalue weighted by Crippen LogP contribution is 2.06. The van der Waals surface area contributed by atoms with E-state index in [9.17, 15) is 19.2 Å². The van der Waals surface area contributed by atoms with Crippen LogP contribution in [0, 0.1) is 0 Å². The summed E-state index contributed by atoms with van der Waals surface area (Å²) in [6, 6.07) is 15.6. The van der Waals surface area contributed by atoms with Gasteiger partial charge in [0.25, 0.3) is 0 Å². The molecule has 3 amide bonds. The van der Waals surface area contributed by atoms with E-state index < -0.39 is 42.4 Å². The van der Waals surface area contributed by atoms with E-state index in [1.54, 1.807) is 48.5 Å². The van der Waals surface area contributed by atoms with Crippen molar-refractivity contribution in [3.63, 3.8) is 0 Å². The average Bonchev–Trinajstić information content (AvgIpc) is 2.77. The lowest BCUT2D eigenvalue weighted by Crippen LogP contribution is -2.53. The van der Waals surface area contributed by atoms with Crippen LogP contribution in [0.2, 0.25) is 0 Å². The van der Waals surface area contributed by atoms with Crippen molar-refractivity contribution in [2.75, 3.05) is 7.11 Å². The van der Waals surface area contributed by atoms with Gasteiger partial charge in [-0.25, -0.2) is 9.59 Å². The molecule has 9 nitrogen and oxygen atoms in total. The highest BCUT2D eigenvalue weighted by Gasteiger charge is 2.29. The topological polar surface area (TPSA) is 137 Å². The number of nitrogens with one attached hydrogen (secondary N) is 2. The second kappa shape index (κ2) is 12.0. The van der Waals surface area contributed by atoms with Crippen molar-refractivity contribution < 1.29 is 28.7 Å². The smallest absolute Gasteiger partial charge is 0.408 e. The first-order valence-corrected chi connectivity index (χ1v) is 9.56. The second-order valence-corrected chi connectivity index (χ2v) is 6.70. The predicted molar refractivity (Wildman–Crippen MR) is 111 cm³/mol. The lowest BCUT2D eigenvalue weighted by Gasteiger charge is -2.21. The molecule has 2 aromatic carbocycles. The standard InChI is InChI=1S/C22H25N3O6/c1-30-21(28)18(12-15-8-4-2-5-9-15)24-20(27)17(13-19(23)26)25-22(29)31-14-16-10-6-3-7-11-16/h2-11,17-18H,12-14H2,1H3,(H2,23,26)(H,24,27)(H,25,29)/t17-,18-/m0/s1. The van der Waals surface area contributed by atoms with E-state index in [0.29, 0.717) is 0 Å². The highest BCUT2D eigenvalue weighted by molar-refractivity contribution is 5.93. The van der Waals surface area contributed by atoms with Crippen LogP contribution in [0.4, 0.5) is 4.79 Å². The molecule has 0 radical (unpaired) electrons. The molecule has 2 rings (SSSR count). The number of hydrogen-bond donors (Lipinski definition) is 3. The van der Waals surface area contributed by atoms with E-state index in [1.165, 1.54) is 7.11 Å². The van der Waals surface area contributed by atoms with Crippen molar-refractivity contribution in [1.29, 1.82) is 0 Å². The zero-order valence-corrected chi connectivity index (χ0v) is 17.1.